The quantitative estimate of drug-likeness (QED) is 0.781. The van der Waals surface area contributed by atoms with Crippen LogP contribution in [0.1, 0.15) is 24.6 Å². The predicted octanol–water partition coefficient (Wildman–Crippen LogP) is 4.04. The fraction of sp³-hybridized carbons (Fsp3) is 0.211. The Balaban J connectivity index is 1.95. The Bertz CT molecular complexity index is 737. The molecule has 3 rings (SSSR count). The molecule has 0 saturated heterocycles. The Morgan fingerprint density at radius 2 is 1.62 bits per heavy atom. The maximum Gasteiger partial charge on any atom is 0.0705 e. The van der Waals surface area contributed by atoms with Crippen LogP contribution < -0.4 is 5.73 Å². The first-order valence-corrected chi connectivity index (χ1v) is 7.40. The maximum atomic E-state index is 6.65. The standard InChI is InChI=1S/C19H20N2/c1-2-19(20,16-9-4-3-5-10-16)14-17-13-12-15-8-6-7-11-18(15)21-17/h3-13H,2,14,20H2,1H3. The van der Waals surface area contributed by atoms with Crippen molar-refractivity contribution < 1.29 is 0 Å². The Morgan fingerprint density at radius 1 is 0.905 bits per heavy atom. The highest BCUT2D eigenvalue weighted by atomic mass is 14.8. The highest BCUT2D eigenvalue weighted by molar-refractivity contribution is 5.78. The van der Waals surface area contributed by atoms with Gasteiger partial charge in [-0.2, -0.15) is 0 Å². The van der Waals surface area contributed by atoms with Crippen molar-refractivity contribution in [1.82, 2.24) is 4.98 Å². The van der Waals surface area contributed by atoms with Gasteiger partial charge in [0.15, 0.2) is 0 Å². The van der Waals surface area contributed by atoms with E-state index in [0.29, 0.717) is 0 Å². The summed E-state index contributed by atoms with van der Waals surface area (Å²) < 4.78 is 0. The molecule has 106 valence electrons. The van der Waals surface area contributed by atoms with E-state index in [1.807, 2.05) is 36.4 Å². The van der Waals surface area contributed by atoms with E-state index in [2.05, 4.69) is 37.3 Å². The highest BCUT2D eigenvalue weighted by Gasteiger charge is 2.26. The third kappa shape index (κ3) is 2.81. The number of hydrogen-bond donors (Lipinski definition) is 1. The third-order valence-electron chi connectivity index (χ3n) is 4.13. The SMILES string of the molecule is CCC(N)(Cc1ccc2ccccc2n1)c1ccccc1. The smallest absolute Gasteiger partial charge is 0.0705 e. The second kappa shape index (κ2) is 5.66. The molecule has 2 nitrogen and oxygen atoms in total. The molecule has 1 atom stereocenters. The molecule has 1 unspecified atom stereocenters. The van der Waals surface area contributed by atoms with Crippen molar-refractivity contribution in [2.24, 2.45) is 5.73 Å². The second-order valence-corrected chi connectivity index (χ2v) is 5.55. The molecule has 21 heavy (non-hydrogen) atoms. The van der Waals surface area contributed by atoms with E-state index in [9.17, 15) is 0 Å². The Kier molecular flexibility index (Phi) is 3.72. The summed E-state index contributed by atoms with van der Waals surface area (Å²) in [4.78, 5) is 4.75. The fourth-order valence-electron chi connectivity index (χ4n) is 2.73. The van der Waals surface area contributed by atoms with Gasteiger partial charge in [-0.05, 0) is 24.1 Å². The number of fused-ring (bicyclic) bond motifs is 1. The molecule has 2 aromatic carbocycles. The Labute approximate surface area is 125 Å². The molecule has 0 bridgehead atoms. The van der Waals surface area contributed by atoms with Crippen LogP contribution in [0.3, 0.4) is 0 Å². The van der Waals surface area contributed by atoms with Gasteiger partial charge >= 0.3 is 0 Å². The van der Waals surface area contributed by atoms with Crippen LogP contribution >= 0.6 is 0 Å². The predicted molar refractivity (Wildman–Crippen MR) is 88.0 cm³/mol. The van der Waals surface area contributed by atoms with Crippen molar-refractivity contribution >= 4 is 10.9 Å². The minimum Gasteiger partial charge on any atom is -0.321 e. The number of benzene rings is 2. The van der Waals surface area contributed by atoms with Crippen molar-refractivity contribution in [1.29, 1.82) is 0 Å². The average Bonchev–Trinajstić information content (AvgIpc) is 2.55. The molecule has 1 heterocycles. The third-order valence-corrected chi connectivity index (χ3v) is 4.13. The molecule has 0 aliphatic rings. The molecule has 0 aliphatic heterocycles. The van der Waals surface area contributed by atoms with E-state index in [0.717, 1.165) is 24.1 Å². The topological polar surface area (TPSA) is 38.9 Å². The number of rotatable bonds is 4. The molecule has 0 spiro atoms. The first-order valence-electron chi connectivity index (χ1n) is 7.40. The van der Waals surface area contributed by atoms with Crippen LogP contribution in [0.4, 0.5) is 0 Å². The average molecular weight is 276 g/mol. The molecule has 3 aromatic rings. The molecule has 0 radical (unpaired) electrons. The monoisotopic (exact) mass is 276 g/mol. The summed E-state index contributed by atoms with van der Waals surface area (Å²) in [6.45, 7) is 2.13. The number of hydrogen-bond acceptors (Lipinski definition) is 2. The van der Waals surface area contributed by atoms with E-state index >= 15 is 0 Å². The summed E-state index contributed by atoms with van der Waals surface area (Å²) >= 11 is 0. The van der Waals surface area contributed by atoms with Gasteiger partial charge in [-0.15, -0.1) is 0 Å². The minimum absolute atomic E-state index is 0.364. The number of para-hydroxylation sites is 1. The minimum atomic E-state index is -0.364. The number of nitrogens with zero attached hydrogens (tertiary/aromatic N) is 1. The van der Waals surface area contributed by atoms with E-state index in [1.165, 1.54) is 10.9 Å². The van der Waals surface area contributed by atoms with Gasteiger partial charge in [0.25, 0.3) is 0 Å². The van der Waals surface area contributed by atoms with Gasteiger partial charge < -0.3 is 5.73 Å². The summed E-state index contributed by atoms with van der Waals surface area (Å²) in [5.41, 5.74) is 9.53. The maximum absolute atomic E-state index is 6.65. The summed E-state index contributed by atoms with van der Waals surface area (Å²) in [5.74, 6) is 0. The van der Waals surface area contributed by atoms with E-state index < -0.39 is 0 Å². The number of nitrogens with two attached hydrogens (primary N) is 1. The zero-order valence-electron chi connectivity index (χ0n) is 12.3. The number of aromatic nitrogens is 1. The molecule has 1 aromatic heterocycles. The van der Waals surface area contributed by atoms with Crippen LogP contribution in [0.2, 0.25) is 0 Å². The first-order chi connectivity index (χ1) is 10.2. The normalized spacial score (nSPS) is 14.0. The Hall–Kier alpha value is -2.19. The van der Waals surface area contributed by atoms with Crippen LogP contribution in [0.25, 0.3) is 10.9 Å². The molecule has 2 heteroatoms. The molecular formula is C19H20N2. The van der Waals surface area contributed by atoms with Crippen molar-refractivity contribution in [3.8, 4) is 0 Å². The van der Waals surface area contributed by atoms with Crippen molar-refractivity contribution in [2.75, 3.05) is 0 Å². The van der Waals surface area contributed by atoms with Gasteiger partial charge in [-0.25, -0.2) is 0 Å². The summed E-state index contributed by atoms with van der Waals surface area (Å²) in [7, 11) is 0. The lowest BCUT2D eigenvalue weighted by atomic mass is 9.84. The lowest BCUT2D eigenvalue weighted by molar-refractivity contribution is 0.421. The first kappa shape index (κ1) is 13.8. The van der Waals surface area contributed by atoms with Crippen molar-refractivity contribution in [3.05, 3.63) is 78.0 Å². The zero-order valence-corrected chi connectivity index (χ0v) is 12.3. The van der Waals surface area contributed by atoms with Crippen LogP contribution in [0.15, 0.2) is 66.7 Å². The van der Waals surface area contributed by atoms with E-state index in [1.54, 1.807) is 0 Å². The lowest BCUT2D eigenvalue weighted by Crippen LogP contribution is -2.38. The van der Waals surface area contributed by atoms with Crippen LogP contribution in [0, 0.1) is 0 Å². The molecule has 0 aliphatic carbocycles. The van der Waals surface area contributed by atoms with Crippen molar-refractivity contribution in [2.45, 2.75) is 25.3 Å². The van der Waals surface area contributed by atoms with E-state index in [-0.39, 0.29) is 5.54 Å². The van der Waals surface area contributed by atoms with Gasteiger partial charge in [-0.1, -0.05) is 61.5 Å². The molecule has 0 saturated carbocycles. The van der Waals surface area contributed by atoms with Gasteiger partial charge in [-0.3, -0.25) is 4.98 Å². The largest absolute Gasteiger partial charge is 0.321 e. The molecule has 2 N–H and O–H groups in total. The second-order valence-electron chi connectivity index (χ2n) is 5.55. The molecular weight excluding hydrogens is 256 g/mol. The van der Waals surface area contributed by atoms with Gasteiger partial charge in [0, 0.05) is 23.0 Å². The fourth-order valence-corrected chi connectivity index (χ4v) is 2.73. The zero-order chi connectivity index (χ0) is 14.7. The Morgan fingerprint density at radius 3 is 2.38 bits per heavy atom. The van der Waals surface area contributed by atoms with Crippen LogP contribution in [-0.4, -0.2) is 4.98 Å². The van der Waals surface area contributed by atoms with Gasteiger partial charge in [0.2, 0.25) is 0 Å². The summed E-state index contributed by atoms with van der Waals surface area (Å²) in [6.07, 6.45) is 1.63. The van der Waals surface area contributed by atoms with Crippen LogP contribution in [-0.2, 0) is 12.0 Å². The molecule has 0 fully saturated rings. The lowest BCUT2D eigenvalue weighted by Gasteiger charge is -2.28. The molecule has 0 amide bonds. The van der Waals surface area contributed by atoms with Crippen molar-refractivity contribution in [3.63, 3.8) is 0 Å². The highest BCUT2D eigenvalue weighted by Crippen LogP contribution is 2.26. The van der Waals surface area contributed by atoms with Gasteiger partial charge in [0.05, 0.1) is 5.52 Å². The summed E-state index contributed by atoms with van der Waals surface area (Å²) in [5, 5.41) is 1.17. The van der Waals surface area contributed by atoms with Crippen LogP contribution in [0.5, 0.6) is 0 Å². The van der Waals surface area contributed by atoms with Gasteiger partial charge in [0.1, 0.15) is 0 Å². The number of pyridine rings is 1. The van der Waals surface area contributed by atoms with E-state index in [4.69, 9.17) is 10.7 Å². The summed E-state index contributed by atoms with van der Waals surface area (Å²) in [6, 6.07) is 22.7.